The van der Waals surface area contributed by atoms with E-state index in [1.54, 1.807) is 23.7 Å². The van der Waals surface area contributed by atoms with Crippen molar-refractivity contribution in [2.45, 2.75) is 19.4 Å². The molecule has 25 heavy (non-hydrogen) atoms. The molecule has 0 fully saturated rings. The highest BCUT2D eigenvalue weighted by Gasteiger charge is 2.16. The molecule has 0 aliphatic carbocycles. The van der Waals surface area contributed by atoms with Crippen molar-refractivity contribution < 1.29 is 4.79 Å². The van der Waals surface area contributed by atoms with Gasteiger partial charge in [-0.05, 0) is 41.1 Å². The highest BCUT2D eigenvalue weighted by atomic mass is 35.5. The molecule has 3 rings (SSSR count). The van der Waals surface area contributed by atoms with E-state index < -0.39 is 0 Å². The molecule has 0 aliphatic rings. The van der Waals surface area contributed by atoms with E-state index in [0.29, 0.717) is 24.5 Å². The second-order valence-corrected chi connectivity index (χ2v) is 7.21. The minimum absolute atomic E-state index is 0.0773. The number of nitrogens with zero attached hydrogens (tertiary/aromatic N) is 2. The second-order valence-electron chi connectivity index (χ2n) is 5.77. The van der Waals surface area contributed by atoms with Gasteiger partial charge in [-0.25, -0.2) is 0 Å². The SMILES string of the molecule is O=C(Cc1ccccc1Cl)N(CCc1cccs1)Cc1cccnc1. The van der Waals surface area contributed by atoms with Gasteiger partial charge < -0.3 is 4.90 Å². The smallest absolute Gasteiger partial charge is 0.227 e. The van der Waals surface area contributed by atoms with Crippen LogP contribution < -0.4 is 0 Å². The Labute approximate surface area is 156 Å². The van der Waals surface area contributed by atoms with Crippen LogP contribution in [0.1, 0.15) is 16.0 Å². The first kappa shape index (κ1) is 17.6. The first-order chi connectivity index (χ1) is 12.2. The normalized spacial score (nSPS) is 10.6. The van der Waals surface area contributed by atoms with E-state index in [9.17, 15) is 4.79 Å². The van der Waals surface area contributed by atoms with Crippen LogP contribution in [0.4, 0.5) is 0 Å². The van der Waals surface area contributed by atoms with E-state index in [1.807, 2.05) is 47.4 Å². The van der Waals surface area contributed by atoms with Crippen molar-refractivity contribution in [2.75, 3.05) is 6.54 Å². The van der Waals surface area contributed by atoms with Crippen molar-refractivity contribution in [1.29, 1.82) is 0 Å². The van der Waals surface area contributed by atoms with E-state index in [4.69, 9.17) is 11.6 Å². The van der Waals surface area contributed by atoms with Crippen LogP contribution in [0.25, 0.3) is 0 Å². The Balaban J connectivity index is 1.72. The van der Waals surface area contributed by atoms with Gasteiger partial charge in [0.1, 0.15) is 0 Å². The third-order valence-electron chi connectivity index (χ3n) is 3.96. The molecule has 0 atom stereocenters. The minimum Gasteiger partial charge on any atom is -0.338 e. The van der Waals surface area contributed by atoms with Crippen molar-refractivity contribution in [1.82, 2.24) is 9.88 Å². The molecule has 2 aromatic heterocycles. The van der Waals surface area contributed by atoms with Gasteiger partial charge in [0, 0.05) is 35.4 Å². The molecule has 1 amide bonds. The maximum absolute atomic E-state index is 12.9. The number of benzene rings is 1. The van der Waals surface area contributed by atoms with Gasteiger partial charge in [0.2, 0.25) is 5.91 Å². The van der Waals surface area contributed by atoms with Gasteiger partial charge in [0.25, 0.3) is 0 Å². The van der Waals surface area contributed by atoms with Crippen molar-refractivity contribution in [2.24, 2.45) is 0 Å². The molecule has 0 spiro atoms. The first-order valence-corrected chi connectivity index (χ1v) is 9.40. The van der Waals surface area contributed by atoms with Gasteiger partial charge in [-0.3, -0.25) is 9.78 Å². The fraction of sp³-hybridized carbons (Fsp3) is 0.200. The Morgan fingerprint density at radius 1 is 1.12 bits per heavy atom. The molecule has 3 aromatic rings. The van der Waals surface area contributed by atoms with Crippen LogP contribution in [-0.4, -0.2) is 22.3 Å². The van der Waals surface area contributed by atoms with Crippen molar-refractivity contribution in [3.05, 3.63) is 87.3 Å². The number of thiophene rings is 1. The van der Waals surface area contributed by atoms with Gasteiger partial charge in [0.15, 0.2) is 0 Å². The lowest BCUT2D eigenvalue weighted by Crippen LogP contribution is -2.33. The summed E-state index contributed by atoms with van der Waals surface area (Å²) in [6, 6.07) is 15.5. The van der Waals surface area contributed by atoms with Gasteiger partial charge in [-0.2, -0.15) is 0 Å². The van der Waals surface area contributed by atoms with Crippen LogP contribution in [0.5, 0.6) is 0 Å². The number of hydrogen-bond donors (Lipinski definition) is 0. The van der Waals surface area contributed by atoms with Crippen molar-refractivity contribution in [3.8, 4) is 0 Å². The lowest BCUT2D eigenvalue weighted by atomic mass is 10.1. The summed E-state index contributed by atoms with van der Waals surface area (Å²) in [7, 11) is 0. The minimum atomic E-state index is 0.0773. The number of pyridine rings is 1. The molecule has 0 bridgehead atoms. The molecule has 0 saturated carbocycles. The molecular formula is C20H19ClN2OS. The zero-order valence-corrected chi connectivity index (χ0v) is 15.3. The number of amides is 1. The average molecular weight is 371 g/mol. The molecule has 0 aliphatic heterocycles. The molecule has 2 heterocycles. The lowest BCUT2D eigenvalue weighted by Gasteiger charge is -2.23. The maximum atomic E-state index is 12.9. The standard InChI is InChI=1S/C20H19ClN2OS/c21-19-8-2-1-6-17(19)13-20(24)23(11-9-18-7-4-12-25-18)15-16-5-3-10-22-14-16/h1-8,10,12,14H,9,11,13,15H2. The summed E-state index contributed by atoms with van der Waals surface area (Å²) >= 11 is 7.93. The average Bonchev–Trinajstić information content (AvgIpc) is 3.15. The Morgan fingerprint density at radius 2 is 2.00 bits per heavy atom. The van der Waals surface area contributed by atoms with Crippen LogP contribution >= 0.6 is 22.9 Å². The second kappa shape index (κ2) is 8.79. The molecule has 0 saturated heterocycles. The quantitative estimate of drug-likeness (QED) is 0.608. The third kappa shape index (κ3) is 5.15. The Kier molecular flexibility index (Phi) is 6.20. The van der Waals surface area contributed by atoms with Crippen LogP contribution in [0.3, 0.4) is 0 Å². The maximum Gasteiger partial charge on any atom is 0.227 e. The predicted molar refractivity (Wildman–Crippen MR) is 103 cm³/mol. The predicted octanol–water partition coefficient (Wildman–Crippen LogP) is 4.61. The van der Waals surface area contributed by atoms with Gasteiger partial charge in [0.05, 0.1) is 6.42 Å². The molecule has 0 radical (unpaired) electrons. The van der Waals surface area contributed by atoms with E-state index in [-0.39, 0.29) is 5.91 Å². The summed E-state index contributed by atoms with van der Waals surface area (Å²) < 4.78 is 0. The fourth-order valence-electron chi connectivity index (χ4n) is 2.62. The summed E-state index contributed by atoms with van der Waals surface area (Å²) in [5, 5.41) is 2.70. The van der Waals surface area contributed by atoms with Crippen LogP contribution in [-0.2, 0) is 24.2 Å². The third-order valence-corrected chi connectivity index (χ3v) is 5.26. The van der Waals surface area contributed by atoms with E-state index >= 15 is 0 Å². The number of carbonyl (C=O) groups excluding carboxylic acids is 1. The number of rotatable bonds is 7. The Hall–Kier alpha value is -2.17. The van der Waals surface area contributed by atoms with Crippen LogP contribution in [0.2, 0.25) is 5.02 Å². The monoisotopic (exact) mass is 370 g/mol. The molecular weight excluding hydrogens is 352 g/mol. The number of aromatic nitrogens is 1. The summed E-state index contributed by atoms with van der Waals surface area (Å²) in [6.07, 6.45) is 4.71. The largest absolute Gasteiger partial charge is 0.338 e. The van der Waals surface area contributed by atoms with Crippen molar-refractivity contribution >= 4 is 28.8 Å². The zero-order valence-electron chi connectivity index (χ0n) is 13.8. The van der Waals surface area contributed by atoms with Gasteiger partial charge in [-0.1, -0.05) is 41.9 Å². The van der Waals surface area contributed by atoms with E-state index in [0.717, 1.165) is 17.5 Å². The van der Waals surface area contributed by atoms with E-state index in [1.165, 1.54) is 4.88 Å². The summed E-state index contributed by atoms with van der Waals surface area (Å²) in [6.45, 7) is 1.24. The molecule has 0 N–H and O–H groups in total. The topological polar surface area (TPSA) is 33.2 Å². The highest BCUT2D eigenvalue weighted by Crippen LogP contribution is 2.18. The molecule has 5 heteroatoms. The molecule has 128 valence electrons. The van der Waals surface area contributed by atoms with Gasteiger partial charge >= 0.3 is 0 Å². The molecule has 3 nitrogen and oxygen atoms in total. The first-order valence-electron chi connectivity index (χ1n) is 8.15. The number of halogens is 1. The Morgan fingerprint density at radius 3 is 2.72 bits per heavy atom. The van der Waals surface area contributed by atoms with E-state index in [2.05, 4.69) is 16.4 Å². The molecule has 0 unspecified atom stereocenters. The summed E-state index contributed by atoms with van der Waals surface area (Å²) in [5.74, 6) is 0.0773. The number of carbonyl (C=O) groups is 1. The lowest BCUT2D eigenvalue weighted by molar-refractivity contribution is -0.131. The summed E-state index contributed by atoms with van der Waals surface area (Å²) in [5.41, 5.74) is 1.89. The summed E-state index contributed by atoms with van der Waals surface area (Å²) in [4.78, 5) is 20.2. The van der Waals surface area contributed by atoms with Crippen LogP contribution in [0.15, 0.2) is 66.3 Å². The van der Waals surface area contributed by atoms with Crippen LogP contribution in [0, 0.1) is 0 Å². The highest BCUT2D eigenvalue weighted by molar-refractivity contribution is 7.09. The van der Waals surface area contributed by atoms with Crippen molar-refractivity contribution in [3.63, 3.8) is 0 Å². The van der Waals surface area contributed by atoms with Gasteiger partial charge in [-0.15, -0.1) is 11.3 Å². The number of hydrogen-bond acceptors (Lipinski definition) is 3. The Bertz CT molecular complexity index is 806. The fourth-order valence-corrected chi connectivity index (χ4v) is 3.52. The molecule has 1 aromatic carbocycles. The zero-order chi connectivity index (χ0) is 17.5.